The highest BCUT2D eigenvalue weighted by Crippen LogP contribution is 2.35. The quantitative estimate of drug-likeness (QED) is 0.634. The molecule has 3 rings (SSSR count). The number of benzene rings is 1. The highest BCUT2D eigenvalue weighted by Gasteiger charge is 2.52. The Morgan fingerprint density at radius 1 is 1.34 bits per heavy atom. The normalized spacial score (nSPS) is 24.7. The Kier molecular flexibility index (Phi) is 5.87. The molecule has 0 unspecified atom stereocenters. The maximum Gasteiger partial charge on any atom is 0.344 e. The lowest BCUT2D eigenvalue weighted by Gasteiger charge is -2.33. The van der Waals surface area contributed by atoms with E-state index in [2.05, 4.69) is 23.0 Å². The van der Waals surface area contributed by atoms with Crippen LogP contribution in [0.15, 0.2) is 18.2 Å². The van der Waals surface area contributed by atoms with Crippen LogP contribution in [0.4, 0.5) is 9.18 Å². The Morgan fingerprint density at radius 3 is 2.62 bits per heavy atom. The van der Waals surface area contributed by atoms with Crippen molar-refractivity contribution in [1.82, 2.24) is 21.1 Å². The molecular formula is C20H26ClFN4O3. The lowest BCUT2D eigenvalue weighted by Crippen LogP contribution is -2.53. The summed E-state index contributed by atoms with van der Waals surface area (Å²) >= 11 is 6.11. The van der Waals surface area contributed by atoms with E-state index in [0.29, 0.717) is 24.3 Å². The molecule has 2 aliphatic rings. The second-order valence-electron chi connectivity index (χ2n) is 8.47. The Hall–Kier alpha value is -2.19. The summed E-state index contributed by atoms with van der Waals surface area (Å²) in [6.45, 7) is 5.55. The lowest BCUT2D eigenvalue weighted by molar-refractivity contribution is -0.139. The van der Waals surface area contributed by atoms with E-state index in [-0.39, 0.29) is 11.6 Å². The van der Waals surface area contributed by atoms with Gasteiger partial charge < -0.3 is 5.32 Å². The van der Waals surface area contributed by atoms with Crippen molar-refractivity contribution in [2.24, 2.45) is 5.92 Å². The number of amides is 4. The molecule has 7 nitrogen and oxygen atoms in total. The van der Waals surface area contributed by atoms with Gasteiger partial charge in [-0.3, -0.25) is 20.3 Å². The summed E-state index contributed by atoms with van der Waals surface area (Å²) in [6.07, 6.45) is 2.84. The third-order valence-corrected chi connectivity index (χ3v) is 6.13. The molecule has 0 aromatic heterocycles. The van der Waals surface area contributed by atoms with E-state index in [1.165, 1.54) is 12.1 Å². The number of hydrazine groups is 1. The smallest absolute Gasteiger partial charge is 0.322 e. The zero-order valence-corrected chi connectivity index (χ0v) is 17.5. The number of carbonyl (C=O) groups is 3. The molecule has 1 aliphatic carbocycles. The fourth-order valence-corrected chi connectivity index (χ4v) is 4.28. The van der Waals surface area contributed by atoms with Crippen LogP contribution >= 0.6 is 11.6 Å². The molecule has 9 heteroatoms. The second-order valence-corrected chi connectivity index (χ2v) is 8.88. The molecule has 3 N–H and O–H groups in total. The molecule has 1 spiro atoms. The van der Waals surface area contributed by atoms with E-state index in [1.54, 1.807) is 19.9 Å². The Balaban J connectivity index is 1.60. The van der Waals surface area contributed by atoms with Crippen molar-refractivity contribution < 1.29 is 18.8 Å². The molecule has 1 aromatic rings. The number of halogens is 2. The minimum absolute atomic E-state index is 0.165. The first-order chi connectivity index (χ1) is 13.5. The van der Waals surface area contributed by atoms with Gasteiger partial charge in [-0.15, -0.1) is 0 Å². The molecule has 2 fully saturated rings. The number of carbonyl (C=O) groups excluding carboxylic acids is 3. The minimum atomic E-state index is -0.911. The first-order valence-electron chi connectivity index (χ1n) is 9.71. The molecule has 0 bridgehead atoms. The fraction of sp³-hybridized carbons (Fsp3) is 0.550. The maximum atomic E-state index is 13.3. The van der Waals surface area contributed by atoms with E-state index >= 15 is 0 Å². The summed E-state index contributed by atoms with van der Waals surface area (Å²) < 4.78 is 13.3. The Bertz CT molecular complexity index is 837. The highest BCUT2D eigenvalue weighted by atomic mass is 35.5. The van der Waals surface area contributed by atoms with Gasteiger partial charge in [0.15, 0.2) is 0 Å². The minimum Gasteiger partial charge on any atom is -0.322 e. The van der Waals surface area contributed by atoms with Crippen LogP contribution in [0.3, 0.4) is 0 Å². The Labute approximate surface area is 174 Å². The van der Waals surface area contributed by atoms with Crippen LogP contribution in [0.1, 0.15) is 52.0 Å². The highest BCUT2D eigenvalue weighted by molar-refractivity contribution is 6.31. The number of urea groups is 1. The number of nitrogens with zero attached hydrogens (tertiary/aromatic N) is 1. The third kappa shape index (κ3) is 4.38. The SMILES string of the molecule is CC1CCC2(CC1)NC(=O)N(NC(=O)CNC(C)(C)c1ccc(F)cc1Cl)C2=O. The van der Waals surface area contributed by atoms with Crippen molar-refractivity contribution in [2.75, 3.05) is 6.54 Å². The van der Waals surface area contributed by atoms with Crippen LogP contribution in [0.25, 0.3) is 0 Å². The average Bonchev–Trinajstić information content (AvgIpc) is 2.87. The summed E-state index contributed by atoms with van der Waals surface area (Å²) in [7, 11) is 0. The van der Waals surface area contributed by atoms with Gasteiger partial charge >= 0.3 is 6.03 Å². The molecule has 0 atom stereocenters. The molecule has 4 amide bonds. The van der Waals surface area contributed by atoms with E-state index in [4.69, 9.17) is 11.6 Å². The fourth-order valence-electron chi connectivity index (χ4n) is 3.87. The van der Waals surface area contributed by atoms with E-state index in [0.717, 1.165) is 17.9 Å². The number of hydrogen-bond donors (Lipinski definition) is 3. The van der Waals surface area contributed by atoms with Crippen LogP contribution in [-0.4, -0.2) is 34.9 Å². The van der Waals surface area contributed by atoms with Gasteiger partial charge in [0.1, 0.15) is 11.4 Å². The number of hydrogen-bond acceptors (Lipinski definition) is 4. The van der Waals surface area contributed by atoms with Gasteiger partial charge in [-0.05, 0) is 63.1 Å². The predicted octanol–water partition coefficient (Wildman–Crippen LogP) is 2.84. The van der Waals surface area contributed by atoms with Gasteiger partial charge in [0.2, 0.25) is 0 Å². The second kappa shape index (κ2) is 7.91. The van der Waals surface area contributed by atoms with Gasteiger partial charge in [-0.25, -0.2) is 9.18 Å². The first-order valence-corrected chi connectivity index (χ1v) is 10.1. The standard InChI is InChI=1S/C20H26ClFN4O3/c1-12-6-8-20(9-7-12)17(28)26(18(29)24-20)25-16(27)11-23-19(2,3)14-5-4-13(22)10-15(14)21/h4-5,10,12,23H,6-9,11H2,1-3H3,(H,24,29)(H,25,27). The van der Waals surface area contributed by atoms with Crippen molar-refractivity contribution in [3.8, 4) is 0 Å². The number of rotatable bonds is 5. The lowest BCUT2D eigenvalue weighted by atomic mass is 9.77. The summed E-state index contributed by atoms with van der Waals surface area (Å²) in [5, 5.41) is 6.80. The Morgan fingerprint density at radius 2 is 2.00 bits per heavy atom. The summed E-state index contributed by atoms with van der Waals surface area (Å²) in [5.74, 6) is -0.889. The average molecular weight is 425 g/mol. The summed E-state index contributed by atoms with van der Waals surface area (Å²) in [5.41, 5.74) is 1.36. The van der Waals surface area contributed by atoms with Crippen LogP contribution in [0.5, 0.6) is 0 Å². The predicted molar refractivity (Wildman–Crippen MR) is 106 cm³/mol. The van der Waals surface area contributed by atoms with Gasteiger partial charge in [0, 0.05) is 10.6 Å². The molecule has 1 aliphatic heterocycles. The largest absolute Gasteiger partial charge is 0.344 e. The first kappa shape index (κ1) is 21.5. The van der Waals surface area contributed by atoms with Crippen LogP contribution in [0, 0.1) is 11.7 Å². The van der Waals surface area contributed by atoms with Crippen LogP contribution in [0.2, 0.25) is 5.02 Å². The van der Waals surface area contributed by atoms with Crippen LogP contribution < -0.4 is 16.1 Å². The van der Waals surface area contributed by atoms with Crippen molar-refractivity contribution in [3.63, 3.8) is 0 Å². The van der Waals surface area contributed by atoms with Crippen molar-refractivity contribution in [3.05, 3.63) is 34.6 Å². The molecule has 0 radical (unpaired) electrons. The van der Waals surface area contributed by atoms with Gasteiger partial charge in [-0.2, -0.15) is 5.01 Å². The van der Waals surface area contributed by atoms with Crippen molar-refractivity contribution >= 4 is 29.4 Å². The molecule has 1 aromatic carbocycles. The van der Waals surface area contributed by atoms with Gasteiger partial charge in [-0.1, -0.05) is 24.6 Å². The number of nitrogens with one attached hydrogen (secondary N) is 3. The monoisotopic (exact) mass is 424 g/mol. The van der Waals surface area contributed by atoms with Crippen molar-refractivity contribution in [1.29, 1.82) is 0 Å². The van der Waals surface area contributed by atoms with E-state index in [1.807, 2.05) is 0 Å². The van der Waals surface area contributed by atoms with Crippen LogP contribution in [-0.2, 0) is 15.1 Å². The van der Waals surface area contributed by atoms with Gasteiger partial charge in [0.05, 0.1) is 6.54 Å². The molecule has 1 saturated heterocycles. The topological polar surface area (TPSA) is 90.5 Å². The van der Waals surface area contributed by atoms with E-state index < -0.39 is 34.7 Å². The van der Waals surface area contributed by atoms with Gasteiger partial charge in [0.25, 0.3) is 11.8 Å². The van der Waals surface area contributed by atoms with E-state index in [9.17, 15) is 18.8 Å². The third-order valence-electron chi connectivity index (χ3n) is 5.82. The molecule has 1 saturated carbocycles. The summed E-state index contributed by atoms with van der Waals surface area (Å²) in [6, 6.07) is 3.44. The zero-order valence-electron chi connectivity index (χ0n) is 16.8. The maximum absolute atomic E-state index is 13.3. The van der Waals surface area contributed by atoms with Crippen molar-refractivity contribution in [2.45, 2.75) is 57.5 Å². The molecular weight excluding hydrogens is 399 g/mol. The molecule has 158 valence electrons. The number of imide groups is 1. The summed E-state index contributed by atoms with van der Waals surface area (Å²) in [4.78, 5) is 37.5. The molecule has 29 heavy (non-hydrogen) atoms. The zero-order chi connectivity index (χ0) is 21.4. The molecule has 1 heterocycles.